The Labute approximate surface area is 130 Å². The molecule has 2 aromatic carbocycles. The van der Waals surface area contributed by atoms with Crippen molar-refractivity contribution in [1.29, 1.82) is 0 Å². The van der Waals surface area contributed by atoms with E-state index in [-0.39, 0.29) is 0 Å². The monoisotopic (exact) mass is 329 g/mol. The van der Waals surface area contributed by atoms with Gasteiger partial charge in [0.05, 0.1) is 21.4 Å². The highest BCUT2D eigenvalue weighted by molar-refractivity contribution is 6.42. The zero-order chi connectivity index (χ0) is 14.7. The molecule has 0 bridgehead atoms. The van der Waals surface area contributed by atoms with Gasteiger partial charge in [-0.1, -0.05) is 34.8 Å². The molecule has 0 aliphatic carbocycles. The Morgan fingerprint density at radius 3 is 2.40 bits per heavy atom. The number of benzene rings is 2. The lowest BCUT2D eigenvalue weighted by Gasteiger charge is -2.10. The summed E-state index contributed by atoms with van der Waals surface area (Å²) < 4.78 is 0. The molecule has 7 heteroatoms. The lowest BCUT2D eigenvalue weighted by Crippen LogP contribution is -2.20. The van der Waals surface area contributed by atoms with Crippen LogP contribution >= 0.6 is 34.8 Å². The van der Waals surface area contributed by atoms with Gasteiger partial charge in [0.15, 0.2) is 0 Å². The van der Waals surface area contributed by atoms with Gasteiger partial charge in [0, 0.05) is 10.7 Å². The molecule has 0 saturated carbocycles. The number of nitrogens with two attached hydrogens (primary N) is 1. The molecule has 0 fully saturated rings. The van der Waals surface area contributed by atoms with Crippen molar-refractivity contribution in [3.05, 3.63) is 51.5 Å². The molecule has 0 atom stereocenters. The minimum absolute atomic E-state index is 0.353. The van der Waals surface area contributed by atoms with Crippen molar-refractivity contribution in [2.24, 2.45) is 0 Å². The summed E-state index contributed by atoms with van der Waals surface area (Å²) in [7, 11) is 0. The van der Waals surface area contributed by atoms with Gasteiger partial charge in [-0.3, -0.25) is 0 Å². The highest BCUT2D eigenvalue weighted by atomic mass is 35.5. The number of urea groups is 1. The summed E-state index contributed by atoms with van der Waals surface area (Å²) in [6.45, 7) is 0. The van der Waals surface area contributed by atoms with Crippen LogP contribution in [0, 0.1) is 0 Å². The minimum atomic E-state index is -0.461. The van der Waals surface area contributed by atoms with Crippen LogP contribution in [0.3, 0.4) is 0 Å². The highest BCUT2D eigenvalue weighted by Gasteiger charge is 2.07. The Morgan fingerprint density at radius 2 is 1.70 bits per heavy atom. The third kappa shape index (κ3) is 3.70. The largest absolute Gasteiger partial charge is 0.397 e. The topological polar surface area (TPSA) is 67.1 Å². The van der Waals surface area contributed by atoms with Crippen LogP contribution in [0.1, 0.15) is 0 Å². The molecule has 0 unspecified atom stereocenters. The number of carbonyl (C=O) groups excluding carboxylic acids is 1. The Hall–Kier alpha value is -1.62. The molecule has 104 valence electrons. The van der Waals surface area contributed by atoms with Gasteiger partial charge in [-0.15, -0.1) is 0 Å². The summed E-state index contributed by atoms with van der Waals surface area (Å²) in [5.74, 6) is 0. The van der Waals surface area contributed by atoms with Crippen molar-refractivity contribution in [2.75, 3.05) is 16.4 Å². The van der Waals surface area contributed by atoms with E-state index in [1.54, 1.807) is 36.4 Å². The van der Waals surface area contributed by atoms with E-state index in [1.807, 2.05) is 0 Å². The molecular formula is C13H10Cl3N3O. The van der Waals surface area contributed by atoms with E-state index in [2.05, 4.69) is 10.6 Å². The molecule has 0 saturated heterocycles. The van der Waals surface area contributed by atoms with E-state index in [0.29, 0.717) is 32.1 Å². The second kappa shape index (κ2) is 6.22. The molecular weight excluding hydrogens is 321 g/mol. The molecule has 4 N–H and O–H groups in total. The first kappa shape index (κ1) is 14.8. The summed E-state index contributed by atoms with van der Waals surface area (Å²) >= 11 is 17.5. The summed E-state index contributed by atoms with van der Waals surface area (Å²) in [5.41, 5.74) is 7.09. The molecule has 0 radical (unpaired) electrons. The standard InChI is InChI=1S/C13H10Cl3N3O/c14-7-1-4-11(17)12(5-7)19-13(20)18-8-2-3-9(15)10(16)6-8/h1-6H,17H2,(H2,18,19,20). The van der Waals surface area contributed by atoms with Crippen LogP contribution in [-0.4, -0.2) is 6.03 Å². The molecule has 0 spiro atoms. The molecule has 0 aliphatic rings. The number of hydrogen-bond donors (Lipinski definition) is 3. The Bertz CT molecular complexity index is 661. The van der Waals surface area contributed by atoms with E-state index in [1.165, 1.54) is 0 Å². The molecule has 2 amide bonds. The fourth-order valence-corrected chi connectivity index (χ4v) is 1.97. The van der Waals surface area contributed by atoms with Crippen LogP contribution in [0.15, 0.2) is 36.4 Å². The number of halogens is 3. The van der Waals surface area contributed by atoms with Crippen molar-refractivity contribution in [2.45, 2.75) is 0 Å². The molecule has 0 heterocycles. The van der Waals surface area contributed by atoms with Gasteiger partial charge in [0.25, 0.3) is 0 Å². The van der Waals surface area contributed by atoms with Crippen LogP contribution in [0.25, 0.3) is 0 Å². The van der Waals surface area contributed by atoms with Gasteiger partial charge in [-0.2, -0.15) is 0 Å². The summed E-state index contributed by atoms with van der Waals surface area (Å²) in [4.78, 5) is 11.8. The quantitative estimate of drug-likeness (QED) is 0.687. The molecule has 4 nitrogen and oxygen atoms in total. The SMILES string of the molecule is Nc1ccc(Cl)cc1NC(=O)Nc1ccc(Cl)c(Cl)c1. The van der Waals surface area contributed by atoms with Crippen LogP contribution in [0.5, 0.6) is 0 Å². The molecule has 20 heavy (non-hydrogen) atoms. The number of hydrogen-bond acceptors (Lipinski definition) is 2. The van der Waals surface area contributed by atoms with E-state index >= 15 is 0 Å². The van der Waals surface area contributed by atoms with Gasteiger partial charge >= 0.3 is 6.03 Å². The van der Waals surface area contributed by atoms with Crippen LogP contribution in [0.4, 0.5) is 21.9 Å². The lowest BCUT2D eigenvalue weighted by molar-refractivity contribution is 0.262. The van der Waals surface area contributed by atoms with Gasteiger partial charge < -0.3 is 16.4 Å². The van der Waals surface area contributed by atoms with Crippen molar-refractivity contribution in [3.63, 3.8) is 0 Å². The van der Waals surface area contributed by atoms with Gasteiger partial charge in [0.2, 0.25) is 0 Å². The van der Waals surface area contributed by atoms with Gasteiger partial charge in [-0.05, 0) is 36.4 Å². The number of anilines is 3. The number of nitrogen functional groups attached to an aromatic ring is 1. The maximum absolute atomic E-state index is 11.8. The Morgan fingerprint density at radius 1 is 0.950 bits per heavy atom. The average molecular weight is 331 g/mol. The first-order valence-electron chi connectivity index (χ1n) is 5.54. The van der Waals surface area contributed by atoms with Crippen molar-refractivity contribution in [1.82, 2.24) is 0 Å². The minimum Gasteiger partial charge on any atom is -0.397 e. The molecule has 2 rings (SSSR count). The molecule has 0 aliphatic heterocycles. The molecule has 0 aromatic heterocycles. The average Bonchev–Trinajstić information content (AvgIpc) is 2.38. The van der Waals surface area contributed by atoms with E-state index in [9.17, 15) is 4.79 Å². The van der Waals surface area contributed by atoms with Crippen LogP contribution < -0.4 is 16.4 Å². The zero-order valence-corrected chi connectivity index (χ0v) is 12.4. The number of rotatable bonds is 2. The fourth-order valence-electron chi connectivity index (χ4n) is 1.50. The fraction of sp³-hybridized carbons (Fsp3) is 0. The second-order valence-electron chi connectivity index (χ2n) is 3.94. The zero-order valence-electron chi connectivity index (χ0n) is 10.1. The van der Waals surface area contributed by atoms with Crippen molar-refractivity contribution in [3.8, 4) is 0 Å². The van der Waals surface area contributed by atoms with Crippen molar-refractivity contribution < 1.29 is 4.79 Å². The first-order valence-corrected chi connectivity index (χ1v) is 6.67. The summed E-state index contributed by atoms with van der Waals surface area (Å²) in [6.07, 6.45) is 0. The first-order chi connectivity index (χ1) is 9.45. The predicted molar refractivity (Wildman–Crippen MR) is 85.0 cm³/mol. The maximum Gasteiger partial charge on any atom is 0.323 e. The van der Waals surface area contributed by atoms with E-state index in [4.69, 9.17) is 40.5 Å². The number of amides is 2. The Kier molecular flexibility index (Phi) is 4.60. The number of carbonyl (C=O) groups is 1. The van der Waals surface area contributed by atoms with E-state index in [0.717, 1.165) is 0 Å². The third-order valence-electron chi connectivity index (χ3n) is 2.44. The third-order valence-corrected chi connectivity index (χ3v) is 3.42. The highest BCUT2D eigenvalue weighted by Crippen LogP contribution is 2.26. The van der Waals surface area contributed by atoms with Gasteiger partial charge in [0.1, 0.15) is 0 Å². The van der Waals surface area contributed by atoms with Crippen LogP contribution in [-0.2, 0) is 0 Å². The molecule has 2 aromatic rings. The van der Waals surface area contributed by atoms with Crippen molar-refractivity contribution >= 4 is 57.9 Å². The smallest absolute Gasteiger partial charge is 0.323 e. The summed E-state index contributed by atoms with van der Waals surface area (Å²) in [6, 6.07) is 9.12. The predicted octanol–water partition coefficient (Wildman–Crippen LogP) is 4.87. The maximum atomic E-state index is 11.8. The number of nitrogens with one attached hydrogen (secondary N) is 2. The second-order valence-corrected chi connectivity index (χ2v) is 5.19. The summed E-state index contributed by atoms with van der Waals surface area (Å²) in [5, 5.41) is 6.45. The Balaban J connectivity index is 2.09. The van der Waals surface area contributed by atoms with E-state index < -0.39 is 6.03 Å². The normalized spacial score (nSPS) is 10.2. The lowest BCUT2D eigenvalue weighted by atomic mass is 10.2. The van der Waals surface area contributed by atoms with Gasteiger partial charge in [-0.25, -0.2) is 4.79 Å². The van der Waals surface area contributed by atoms with Crippen LogP contribution in [0.2, 0.25) is 15.1 Å².